The van der Waals surface area contributed by atoms with Crippen LogP contribution in [0.15, 0.2) is 60.7 Å². The van der Waals surface area contributed by atoms with Crippen LogP contribution in [-0.4, -0.2) is 17.3 Å². The summed E-state index contributed by atoms with van der Waals surface area (Å²) >= 11 is 0. The minimum absolute atomic E-state index is 0.624. The maximum Gasteiger partial charge on any atom is 0.844 e. The molecule has 0 radical (unpaired) electrons. The van der Waals surface area contributed by atoms with Crippen LogP contribution in [0.2, 0.25) is 0 Å². The standard InChI is InChI=1S/C16H16BN2O2/c18-14-7-9-16-13(11-14)6-8-15(19(16)17(20)21)10-12-4-2-1-3-5-12/h1-9,11,20-21H,10,18H2/q+1. The maximum atomic E-state index is 9.74. The van der Waals surface area contributed by atoms with E-state index in [1.807, 2.05) is 48.5 Å². The summed E-state index contributed by atoms with van der Waals surface area (Å²) in [5.74, 6) is 0. The molecule has 0 saturated heterocycles. The molecule has 4 N–H and O–H groups in total. The molecule has 21 heavy (non-hydrogen) atoms. The molecule has 0 aliphatic rings. The van der Waals surface area contributed by atoms with Crippen LogP contribution in [0.3, 0.4) is 0 Å². The van der Waals surface area contributed by atoms with Crippen molar-refractivity contribution < 1.29 is 14.5 Å². The first kappa shape index (κ1) is 13.6. The zero-order chi connectivity index (χ0) is 14.8. The fourth-order valence-electron chi connectivity index (χ4n) is 2.57. The molecule has 0 saturated carbocycles. The Morgan fingerprint density at radius 1 is 0.952 bits per heavy atom. The normalized spacial score (nSPS) is 10.8. The molecule has 0 aliphatic carbocycles. The van der Waals surface area contributed by atoms with Crippen molar-refractivity contribution in [2.24, 2.45) is 0 Å². The summed E-state index contributed by atoms with van der Waals surface area (Å²) in [6.45, 7) is 0. The number of nitrogen functional groups attached to an aromatic ring is 1. The Hall–Kier alpha value is -2.37. The van der Waals surface area contributed by atoms with Crippen LogP contribution in [0.4, 0.5) is 5.69 Å². The average molecular weight is 279 g/mol. The largest absolute Gasteiger partial charge is 0.844 e. The molecule has 2 aromatic carbocycles. The smallest absolute Gasteiger partial charge is 0.399 e. The van der Waals surface area contributed by atoms with E-state index in [9.17, 15) is 10.0 Å². The van der Waals surface area contributed by atoms with Gasteiger partial charge >= 0.3 is 7.25 Å². The highest BCUT2D eigenvalue weighted by atomic mass is 16.4. The molecule has 0 aliphatic heterocycles. The Balaban J connectivity index is 2.14. The molecule has 1 heterocycles. The zero-order valence-corrected chi connectivity index (χ0v) is 11.5. The molecule has 104 valence electrons. The van der Waals surface area contributed by atoms with Crippen molar-refractivity contribution in [2.45, 2.75) is 6.42 Å². The van der Waals surface area contributed by atoms with Gasteiger partial charge in [-0.2, -0.15) is 0 Å². The van der Waals surface area contributed by atoms with Crippen LogP contribution in [0.1, 0.15) is 11.3 Å². The van der Waals surface area contributed by atoms with Gasteiger partial charge in [0, 0.05) is 23.2 Å². The van der Waals surface area contributed by atoms with Crippen LogP contribution < -0.4 is 10.2 Å². The SMILES string of the molecule is Nc1ccc2c(ccc(Cc3ccccc3)[n+]2B(O)O)c1. The predicted octanol–water partition coefficient (Wildman–Crippen LogP) is 1.12. The third-order valence-electron chi connectivity index (χ3n) is 3.53. The molecule has 0 bridgehead atoms. The number of hydrogen-bond donors (Lipinski definition) is 3. The number of benzene rings is 2. The number of fused-ring (bicyclic) bond motifs is 1. The first-order valence-corrected chi connectivity index (χ1v) is 6.78. The summed E-state index contributed by atoms with van der Waals surface area (Å²) in [6.07, 6.45) is 0.624. The number of nitrogens with two attached hydrogens (primary N) is 1. The quantitative estimate of drug-likeness (QED) is 0.497. The van der Waals surface area contributed by atoms with E-state index in [1.54, 1.807) is 12.1 Å². The average Bonchev–Trinajstić information content (AvgIpc) is 2.48. The highest BCUT2D eigenvalue weighted by Gasteiger charge is 2.31. The fourth-order valence-corrected chi connectivity index (χ4v) is 2.57. The fraction of sp³-hybridized carbons (Fsp3) is 0.0625. The minimum atomic E-state index is -1.59. The molecule has 3 aromatic rings. The summed E-state index contributed by atoms with van der Waals surface area (Å²) in [6, 6.07) is 19.2. The molecular weight excluding hydrogens is 263 g/mol. The first-order valence-electron chi connectivity index (χ1n) is 6.78. The van der Waals surface area contributed by atoms with Gasteiger partial charge in [-0.3, -0.25) is 0 Å². The Kier molecular flexibility index (Phi) is 3.60. The van der Waals surface area contributed by atoms with E-state index in [4.69, 9.17) is 5.73 Å². The number of hydrogen-bond acceptors (Lipinski definition) is 3. The van der Waals surface area contributed by atoms with E-state index in [2.05, 4.69) is 0 Å². The van der Waals surface area contributed by atoms with E-state index >= 15 is 0 Å². The van der Waals surface area contributed by atoms with E-state index in [0.717, 1.165) is 22.2 Å². The monoisotopic (exact) mass is 279 g/mol. The summed E-state index contributed by atoms with van der Waals surface area (Å²) in [7, 11) is -1.59. The highest BCUT2D eigenvalue weighted by molar-refractivity contribution is 6.30. The van der Waals surface area contributed by atoms with E-state index in [1.165, 1.54) is 4.48 Å². The lowest BCUT2D eigenvalue weighted by atomic mass is 10.0. The number of nitrogens with zero attached hydrogens (tertiary/aromatic N) is 1. The van der Waals surface area contributed by atoms with Gasteiger partial charge in [-0.15, -0.1) is 0 Å². The van der Waals surface area contributed by atoms with Crippen LogP contribution in [0.25, 0.3) is 10.9 Å². The third kappa shape index (κ3) is 2.74. The second-order valence-electron chi connectivity index (χ2n) is 5.02. The first-order chi connectivity index (χ1) is 10.1. The van der Waals surface area contributed by atoms with Crippen molar-refractivity contribution in [1.82, 2.24) is 0 Å². The topological polar surface area (TPSA) is 70.4 Å². The molecule has 0 atom stereocenters. The van der Waals surface area contributed by atoms with Gasteiger partial charge in [0.05, 0.1) is 6.42 Å². The summed E-state index contributed by atoms with van der Waals surface area (Å²) in [5, 5.41) is 20.3. The minimum Gasteiger partial charge on any atom is -0.399 e. The van der Waals surface area contributed by atoms with Crippen molar-refractivity contribution in [3.05, 3.63) is 71.9 Å². The number of rotatable bonds is 3. The van der Waals surface area contributed by atoms with E-state index < -0.39 is 7.25 Å². The molecule has 4 nitrogen and oxygen atoms in total. The van der Waals surface area contributed by atoms with Crippen LogP contribution >= 0.6 is 0 Å². The van der Waals surface area contributed by atoms with Gasteiger partial charge in [0.1, 0.15) is 0 Å². The van der Waals surface area contributed by atoms with Crippen LogP contribution in [0, 0.1) is 0 Å². The van der Waals surface area contributed by atoms with Crippen molar-refractivity contribution in [2.75, 3.05) is 5.73 Å². The summed E-state index contributed by atoms with van der Waals surface area (Å²) < 4.78 is 1.52. The van der Waals surface area contributed by atoms with Gasteiger partial charge in [0.2, 0.25) is 0 Å². The van der Waals surface area contributed by atoms with Gasteiger partial charge in [-0.05, 0) is 23.8 Å². The lowest BCUT2D eigenvalue weighted by molar-refractivity contribution is -0.543. The van der Waals surface area contributed by atoms with Crippen molar-refractivity contribution in [1.29, 1.82) is 0 Å². The second-order valence-corrected chi connectivity index (χ2v) is 5.02. The van der Waals surface area contributed by atoms with Crippen molar-refractivity contribution in [3.63, 3.8) is 0 Å². The number of anilines is 1. The lowest BCUT2D eigenvalue weighted by Gasteiger charge is -2.07. The molecule has 0 fully saturated rings. The Bertz CT molecular complexity index is 776. The highest BCUT2D eigenvalue weighted by Crippen LogP contribution is 2.16. The molecule has 0 unspecified atom stereocenters. The Morgan fingerprint density at radius 2 is 1.71 bits per heavy atom. The molecule has 0 spiro atoms. The van der Waals surface area contributed by atoms with Crippen LogP contribution in [0.5, 0.6) is 0 Å². The van der Waals surface area contributed by atoms with Gasteiger partial charge in [-0.25, -0.2) is 4.48 Å². The van der Waals surface area contributed by atoms with Gasteiger partial charge in [0.15, 0.2) is 11.2 Å². The van der Waals surface area contributed by atoms with Gasteiger partial charge in [-0.1, -0.05) is 30.3 Å². The number of aromatic nitrogens is 1. The van der Waals surface area contributed by atoms with E-state index in [-0.39, 0.29) is 0 Å². The van der Waals surface area contributed by atoms with Crippen LogP contribution in [-0.2, 0) is 6.42 Å². The predicted molar refractivity (Wildman–Crippen MR) is 83.4 cm³/mol. The second kappa shape index (κ2) is 5.56. The third-order valence-corrected chi connectivity index (χ3v) is 3.53. The molecular formula is C16H16BN2O2+. The molecule has 1 aromatic heterocycles. The van der Waals surface area contributed by atoms with Crippen molar-refractivity contribution >= 4 is 23.8 Å². The summed E-state index contributed by atoms with van der Waals surface area (Å²) in [5.41, 5.74) is 9.11. The van der Waals surface area contributed by atoms with Crippen molar-refractivity contribution in [3.8, 4) is 0 Å². The van der Waals surface area contributed by atoms with E-state index in [0.29, 0.717) is 12.1 Å². The Morgan fingerprint density at radius 3 is 2.43 bits per heavy atom. The lowest BCUT2D eigenvalue weighted by Crippen LogP contribution is -2.55. The number of pyridine rings is 1. The zero-order valence-electron chi connectivity index (χ0n) is 11.5. The molecule has 0 amide bonds. The Labute approximate surface area is 123 Å². The molecule has 5 heteroatoms. The van der Waals surface area contributed by atoms with Gasteiger partial charge < -0.3 is 15.8 Å². The van der Waals surface area contributed by atoms with Gasteiger partial charge in [0.25, 0.3) is 0 Å². The maximum absolute atomic E-state index is 9.74. The summed E-state index contributed by atoms with van der Waals surface area (Å²) in [4.78, 5) is 0. The molecule has 3 rings (SSSR count).